The maximum absolute atomic E-state index is 13.7. The smallest absolute Gasteiger partial charge is 0.162 e. The van der Waals surface area contributed by atoms with Gasteiger partial charge in [0.15, 0.2) is 11.5 Å². The van der Waals surface area contributed by atoms with E-state index in [2.05, 4.69) is 21.2 Å². The van der Waals surface area contributed by atoms with E-state index in [-0.39, 0.29) is 5.82 Å². The van der Waals surface area contributed by atoms with Crippen molar-refractivity contribution >= 4 is 39.1 Å². The topological polar surface area (TPSA) is 30.5 Å². The summed E-state index contributed by atoms with van der Waals surface area (Å²) in [4.78, 5) is 0. The van der Waals surface area contributed by atoms with Gasteiger partial charge in [-0.05, 0) is 61.3 Å². The van der Waals surface area contributed by atoms with Crippen LogP contribution < -0.4 is 14.8 Å². The third-order valence-corrected chi connectivity index (χ3v) is 5.98. The highest BCUT2D eigenvalue weighted by atomic mass is 79.9. The van der Waals surface area contributed by atoms with Crippen LogP contribution in [0.1, 0.15) is 23.6 Å². The summed E-state index contributed by atoms with van der Waals surface area (Å²) in [6.45, 7) is 4.00. The molecule has 0 unspecified atom stereocenters. The quantitative estimate of drug-likeness (QED) is 0.283. The van der Waals surface area contributed by atoms with E-state index < -0.39 is 0 Å². The van der Waals surface area contributed by atoms with Crippen molar-refractivity contribution in [1.29, 1.82) is 0 Å². The van der Waals surface area contributed by atoms with Gasteiger partial charge < -0.3 is 14.8 Å². The molecule has 0 heterocycles. The van der Waals surface area contributed by atoms with Crippen LogP contribution in [0.15, 0.2) is 59.1 Å². The standard InChI is InChI=1S/C24H23BrCl2FNO2/c1-2-30-23-11-18(14-29-10-9-16-5-3-4-6-22(16)28)20(25)13-24(23)31-15-17-7-8-19(26)12-21(17)27/h3-8,11-13,29H,2,9-10,14-15H2,1H3. The first-order valence-corrected chi connectivity index (χ1v) is 11.5. The average molecular weight is 527 g/mol. The Balaban J connectivity index is 1.64. The molecule has 0 aliphatic heterocycles. The molecule has 3 aromatic carbocycles. The van der Waals surface area contributed by atoms with Crippen molar-refractivity contribution in [3.05, 3.63) is 91.6 Å². The van der Waals surface area contributed by atoms with Crippen LogP contribution in [0.3, 0.4) is 0 Å². The number of hydrogen-bond donors (Lipinski definition) is 1. The van der Waals surface area contributed by atoms with E-state index in [0.717, 1.165) is 15.6 Å². The number of benzene rings is 3. The van der Waals surface area contributed by atoms with Crippen LogP contribution >= 0.6 is 39.1 Å². The van der Waals surface area contributed by atoms with Crippen LogP contribution in [0.25, 0.3) is 0 Å². The maximum Gasteiger partial charge on any atom is 0.162 e. The monoisotopic (exact) mass is 525 g/mol. The zero-order valence-electron chi connectivity index (χ0n) is 17.1. The molecule has 0 saturated heterocycles. The third kappa shape index (κ3) is 6.84. The first-order chi connectivity index (χ1) is 15.0. The van der Waals surface area contributed by atoms with Gasteiger partial charge in [-0.1, -0.05) is 63.4 Å². The van der Waals surface area contributed by atoms with E-state index in [1.165, 1.54) is 6.07 Å². The summed E-state index contributed by atoms with van der Waals surface area (Å²) < 4.78 is 26.4. The van der Waals surface area contributed by atoms with Gasteiger partial charge in [-0.15, -0.1) is 0 Å². The molecular formula is C24H23BrCl2FNO2. The van der Waals surface area contributed by atoms with Gasteiger partial charge in [-0.25, -0.2) is 4.39 Å². The Kier molecular flexibility index (Phi) is 9.02. The molecule has 0 amide bonds. The Hall–Kier alpha value is -1.79. The second-order valence-corrected chi connectivity index (χ2v) is 8.56. The molecule has 7 heteroatoms. The highest BCUT2D eigenvalue weighted by Gasteiger charge is 2.12. The van der Waals surface area contributed by atoms with Gasteiger partial charge in [0.05, 0.1) is 6.61 Å². The molecule has 3 rings (SSSR count). The minimum Gasteiger partial charge on any atom is -0.490 e. The lowest BCUT2D eigenvalue weighted by molar-refractivity contribution is 0.269. The Morgan fingerprint density at radius 1 is 0.935 bits per heavy atom. The predicted molar refractivity (Wildman–Crippen MR) is 128 cm³/mol. The van der Waals surface area contributed by atoms with Crippen LogP contribution in [0.5, 0.6) is 11.5 Å². The Morgan fingerprint density at radius 2 is 1.71 bits per heavy atom. The lowest BCUT2D eigenvalue weighted by Gasteiger charge is -2.16. The number of halogens is 4. The summed E-state index contributed by atoms with van der Waals surface area (Å²) >= 11 is 15.8. The largest absolute Gasteiger partial charge is 0.490 e. The molecule has 0 fully saturated rings. The first kappa shape index (κ1) is 23.9. The first-order valence-electron chi connectivity index (χ1n) is 9.94. The molecule has 0 saturated carbocycles. The van der Waals surface area contributed by atoms with Crippen molar-refractivity contribution in [3.8, 4) is 11.5 Å². The number of nitrogens with one attached hydrogen (secondary N) is 1. The minimum atomic E-state index is -0.175. The van der Waals surface area contributed by atoms with Crippen LogP contribution in [-0.4, -0.2) is 13.2 Å². The fourth-order valence-corrected chi connectivity index (χ4v) is 3.96. The zero-order valence-corrected chi connectivity index (χ0v) is 20.2. The highest BCUT2D eigenvalue weighted by Crippen LogP contribution is 2.35. The SMILES string of the molecule is CCOc1cc(CNCCc2ccccc2F)c(Br)cc1OCc1ccc(Cl)cc1Cl. The summed E-state index contributed by atoms with van der Waals surface area (Å²) in [5.74, 6) is 1.10. The summed E-state index contributed by atoms with van der Waals surface area (Å²) in [6, 6.07) is 16.0. The van der Waals surface area contributed by atoms with Crippen LogP contribution in [-0.2, 0) is 19.6 Å². The molecule has 0 spiro atoms. The number of rotatable bonds is 10. The normalized spacial score (nSPS) is 10.9. The Labute approximate surface area is 200 Å². The van der Waals surface area contributed by atoms with Crippen molar-refractivity contribution in [2.75, 3.05) is 13.2 Å². The van der Waals surface area contributed by atoms with Crippen molar-refractivity contribution in [2.24, 2.45) is 0 Å². The van der Waals surface area contributed by atoms with E-state index >= 15 is 0 Å². The van der Waals surface area contributed by atoms with Gasteiger partial charge in [0.2, 0.25) is 0 Å². The minimum absolute atomic E-state index is 0.175. The summed E-state index contributed by atoms with van der Waals surface area (Å²) in [5, 5.41) is 4.49. The van der Waals surface area contributed by atoms with Crippen molar-refractivity contribution in [1.82, 2.24) is 5.32 Å². The lowest BCUT2D eigenvalue weighted by Crippen LogP contribution is -2.17. The molecule has 31 heavy (non-hydrogen) atoms. The second-order valence-electron chi connectivity index (χ2n) is 6.87. The highest BCUT2D eigenvalue weighted by molar-refractivity contribution is 9.10. The molecule has 0 atom stereocenters. The van der Waals surface area contributed by atoms with Crippen LogP contribution in [0.4, 0.5) is 4.39 Å². The molecule has 0 bridgehead atoms. The molecule has 0 aromatic heterocycles. The summed E-state index contributed by atoms with van der Waals surface area (Å²) in [7, 11) is 0. The molecular weight excluding hydrogens is 504 g/mol. The van der Waals surface area contributed by atoms with Crippen molar-refractivity contribution in [2.45, 2.75) is 26.5 Å². The van der Waals surface area contributed by atoms with Gasteiger partial charge >= 0.3 is 0 Å². The molecule has 164 valence electrons. The van der Waals surface area contributed by atoms with Crippen molar-refractivity contribution in [3.63, 3.8) is 0 Å². The van der Waals surface area contributed by atoms with Gasteiger partial charge in [0, 0.05) is 26.6 Å². The molecule has 3 nitrogen and oxygen atoms in total. The number of hydrogen-bond acceptors (Lipinski definition) is 3. The fraction of sp³-hybridized carbons (Fsp3) is 0.250. The molecule has 0 aliphatic rings. The molecule has 0 aliphatic carbocycles. The average Bonchev–Trinajstić information content (AvgIpc) is 2.74. The van der Waals surface area contributed by atoms with Gasteiger partial charge in [0.1, 0.15) is 12.4 Å². The molecule has 1 N–H and O–H groups in total. The second kappa shape index (κ2) is 11.7. The predicted octanol–water partition coefficient (Wildman–Crippen LogP) is 7.21. The Bertz CT molecular complexity index is 1030. The number of ether oxygens (including phenoxy) is 2. The summed E-state index contributed by atoms with van der Waals surface area (Å²) in [6.07, 6.45) is 0.617. The third-order valence-electron chi connectivity index (χ3n) is 4.66. The van der Waals surface area contributed by atoms with E-state index in [1.807, 2.05) is 31.2 Å². The van der Waals surface area contributed by atoms with Gasteiger partial charge in [-0.2, -0.15) is 0 Å². The van der Waals surface area contributed by atoms with E-state index in [0.29, 0.717) is 59.8 Å². The van der Waals surface area contributed by atoms with E-state index in [9.17, 15) is 4.39 Å². The van der Waals surface area contributed by atoms with Gasteiger partial charge in [-0.3, -0.25) is 0 Å². The molecule has 0 radical (unpaired) electrons. The molecule has 3 aromatic rings. The summed E-state index contributed by atoms with van der Waals surface area (Å²) in [5.41, 5.74) is 2.56. The lowest BCUT2D eigenvalue weighted by atomic mass is 10.1. The van der Waals surface area contributed by atoms with Crippen LogP contribution in [0.2, 0.25) is 10.0 Å². The van der Waals surface area contributed by atoms with Crippen molar-refractivity contribution < 1.29 is 13.9 Å². The van der Waals surface area contributed by atoms with Gasteiger partial charge in [0.25, 0.3) is 0 Å². The maximum atomic E-state index is 13.7. The fourth-order valence-electron chi connectivity index (χ4n) is 3.04. The Morgan fingerprint density at radius 3 is 2.45 bits per heavy atom. The van der Waals surface area contributed by atoms with E-state index in [4.69, 9.17) is 32.7 Å². The zero-order chi connectivity index (χ0) is 22.2. The van der Waals surface area contributed by atoms with E-state index in [1.54, 1.807) is 24.3 Å². The van der Waals surface area contributed by atoms with Crippen LogP contribution in [0, 0.1) is 5.82 Å².